The molecule has 0 saturated heterocycles. The molecule has 0 aromatic heterocycles. The molecule has 1 rings (SSSR count). The summed E-state index contributed by atoms with van der Waals surface area (Å²) in [6, 6.07) is 0. The van der Waals surface area contributed by atoms with Gasteiger partial charge in [-0.25, -0.2) is 0 Å². The fourth-order valence-electron chi connectivity index (χ4n) is 3.26. The molecule has 2 nitrogen and oxygen atoms in total. The summed E-state index contributed by atoms with van der Waals surface area (Å²) in [7, 11) is -1.53. The summed E-state index contributed by atoms with van der Waals surface area (Å²) in [6.07, 6.45) is 2.04. The summed E-state index contributed by atoms with van der Waals surface area (Å²) in [4.78, 5) is 0. The van der Waals surface area contributed by atoms with Crippen LogP contribution in [0, 0.1) is 0 Å². The Morgan fingerprint density at radius 2 is 1.79 bits per heavy atom. The Balaban J connectivity index is 3.21. The van der Waals surface area contributed by atoms with Crippen LogP contribution < -0.4 is 0 Å². The van der Waals surface area contributed by atoms with Crippen molar-refractivity contribution in [2.75, 3.05) is 0 Å². The smallest absolute Gasteiger partial charge is 0.0751 e. The van der Waals surface area contributed by atoms with E-state index in [1.165, 1.54) is 5.57 Å². The number of aliphatic hydroxyl groups is 2. The van der Waals surface area contributed by atoms with Gasteiger partial charge in [-0.15, -0.1) is 0 Å². The van der Waals surface area contributed by atoms with E-state index in [0.717, 1.165) is 24.8 Å². The molecule has 0 aromatic carbocycles. The van der Waals surface area contributed by atoms with Gasteiger partial charge in [0.25, 0.3) is 0 Å². The molecule has 0 heterocycles. The second kappa shape index (κ2) is 5.70. The summed E-state index contributed by atoms with van der Waals surface area (Å²) in [6.45, 7) is 15.7. The Morgan fingerprint density at radius 3 is 2.16 bits per heavy atom. The highest BCUT2D eigenvalue weighted by atomic mass is 28.3. The van der Waals surface area contributed by atoms with E-state index >= 15 is 0 Å². The van der Waals surface area contributed by atoms with Gasteiger partial charge in [-0.1, -0.05) is 40.8 Å². The zero-order chi connectivity index (χ0) is 15.0. The van der Waals surface area contributed by atoms with Crippen LogP contribution in [0.4, 0.5) is 0 Å². The van der Waals surface area contributed by atoms with E-state index in [4.69, 9.17) is 0 Å². The maximum Gasteiger partial charge on any atom is 0.0751 e. The third-order valence-electron chi connectivity index (χ3n) is 5.49. The molecule has 3 atom stereocenters. The lowest BCUT2D eigenvalue weighted by Crippen LogP contribution is -2.43. The van der Waals surface area contributed by atoms with E-state index in [1.807, 2.05) is 13.8 Å². The van der Waals surface area contributed by atoms with Crippen molar-refractivity contribution in [2.45, 2.75) is 89.8 Å². The highest BCUT2D eigenvalue weighted by Gasteiger charge is 2.47. The van der Waals surface area contributed by atoms with Gasteiger partial charge in [-0.2, -0.15) is 0 Å². The van der Waals surface area contributed by atoms with Crippen LogP contribution in [0.2, 0.25) is 23.7 Å². The number of aliphatic hydroxyl groups excluding tert-OH is 2. The molecular weight excluding hydrogens is 252 g/mol. The molecule has 0 radical (unpaired) electrons. The molecule has 0 aromatic rings. The van der Waals surface area contributed by atoms with E-state index in [2.05, 4.69) is 33.9 Å². The minimum absolute atomic E-state index is 0.310. The Labute approximate surface area is 119 Å². The summed E-state index contributed by atoms with van der Waals surface area (Å²) in [5.41, 5.74) is 2.80. The fourth-order valence-corrected chi connectivity index (χ4v) is 6.38. The maximum atomic E-state index is 10.2. The van der Waals surface area contributed by atoms with Gasteiger partial charge in [0.05, 0.1) is 20.3 Å². The fraction of sp³-hybridized carbons (Fsp3) is 0.875. The molecule has 0 fully saturated rings. The molecule has 1 aliphatic rings. The summed E-state index contributed by atoms with van der Waals surface area (Å²) < 4.78 is 0. The SMILES string of the molecule is CCC(O)C1=C(C(C)O)C([Si](C)(C)C(C)(C)C)CC1. The predicted octanol–water partition coefficient (Wildman–Crippen LogP) is 4.11. The quantitative estimate of drug-likeness (QED) is 0.602. The third-order valence-corrected chi connectivity index (χ3v) is 11.7. The van der Waals surface area contributed by atoms with Gasteiger partial charge in [0.15, 0.2) is 0 Å². The first-order valence-electron chi connectivity index (χ1n) is 7.63. The minimum Gasteiger partial charge on any atom is -0.389 e. The van der Waals surface area contributed by atoms with E-state index < -0.39 is 14.2 Å². The molecule has 0 spiro atoms. The lowest BCUT2D eigenvalue weighted by molar-refractivity contribution is 0.192. The van der Waals surface area contributed by atoms with Gasteiger partial charge >= 0.3 is 0 Å². The van der Waals surface area contributed by atoms with Gasteiger partial charge < -0.3 is 10.2 Å². The molecule has 0 amide bonds. The largest absolute Gasteiger partial charge is 0.389 e. The van der Waals surface area contributed by atoms with Crippen molar-refractivity contribution in [2.24, 2.45) is 0 Å². The molecule has 0 saturated carbocycles. The van der Waals surface area contributed by atoms with Gasteiger partial charge in [0.2, 0.25) is 0 Å². The summed E-state index contributed by atoms with van der Waals surface area (Å²) >= 11 is 0. The van der Waals surface area contributed by atoms with Crippen LogP contribution in [-0.2, 0) is 0 Å². The molecule has 19 heavy (non-hydrogen) atoms. The first-order valence-corrected chi connectivity index (χ1v) is 10.7. The van der Waals surface area contributed by atoms with Crippen molar-refractivity contribution in [3.05, 3.63) is 11.1 Å². The van der Waals surface area contributed by atoms with E-state index in [1.54, 1.807) is 0 Å². The highest BCUT2D eigenvalue weighted by molar-refractivity contribution is 6.82. The van der Waals surface area contributed by atoms with Crippen LogP contribution >= 0.6 is 0 Å². The average molecular weight is 285 g/mol. The van der Waals surface area contributed by atoms with Crippen LogP contribution in [0.3, 0.4) is 0 Å². The maximum absolute atomic E-state index is 10.2. The second-order valence-corrected chi connectivity index (χ2v) is 13.3. The van der Waals surface area contributed by atoms with E-state index in [0.29, 0.717) is 10.6 Å². The van der Waals surface area contributed by atoms with Crippen LogP contribution in [0.15, 0.2) is 11.1 Å². The summed E-state index contributed by atoms with van der Waals surface area (Å²) in [5, 5.41) is 20.7. The normalized spacial score (nSPS) is 24.8. The van der Waals surface area contributed by atoms with E-state index in [-0.39, 0.29) is 6.10 Å². The van der Waals surface area contributed by atoms with Crippen molar-refractivity contribution >= 4 is 8.07 Å². The van der Waals surface area contributed by atoms with Crippen molar-refractivity contribution in [3.8, 4) is 0 Å². The van der Waals surface area contributed by atoms with Crippen LogP contribution in [0.1, 0.15) is 53.9 Å². The minimum atomic E-state index is -1.53. The standard InChI is InChI=1S/C16H32O2Si/c1-8-13(18)12-9-10-14(15(12)11(2)17)19(6,7)16(3,4)5/h11,13-14,17-18H,8-10H2,1-7H3. The summed E-state index contributed by atoms with van der Waals surface area (Å²) in [5.74, 6) is 0. The molecule has 0 bridgehead atoms. The molecule has 3 heteroatoms. The van der Waals surface area contributed by atoms with E-state index in [9.17, 15) is 10.2 Å². The predicted molar refractivity (Wildman–Crippen MR) is 85.2 cm³/mol. The molecule has 112 valence electrons. The third kappa shape index (κ3) is 3.14. The Kier molecular flexibility index (Phi) is 5.08. The Hall–Kier alpha value is -0.123. The Morgan fingerprint density at radius 1 is 1.26 bits per heavy atom. The van der Waals surface area contributed by atoms with Crippen LogP contribution in [-0.4, -0.2) is 30.5 Å². The topological polar surface area (TPSA) is 40.5 Å². The van der Waals surface area contributed by atoms with Crippen molar-refractivity contribution < 1.29 is 10.2 Å². The van der Waals surface area contributed by atoms with Crippen molar-refractivity contribution in [3.63, 3.8) is 0 Å². The van der Waals surface area contributed by atoms with Gasteiger partial charge in [-0.3, -0.25) is 0 Å². The first-order chi connectivity index (χ1) is 8.54. The van der Waals surface area contributed by atoms with Crippen molar-refractivity contribution in [1.82, 2.24) is 0 Å². The number of hydrogen-bond donors (Lipinski definition) is 2. The Bertz CT molecular complexity index is 350. The molecule has 0 aliphatic heterocycles. The van der Waals surface area contributed by atoms with Crippen molar-refractivity contribution in [1.29, 1.82) is 0 Å². The molecule has 3 unspecified atom stereocenters. The zero-order valence-corrected chi connectivity index (χ0v) is 14.7. The second-order valence-electron chi connectivity index (χ2n) is 7.64. The van der Waals surface area contributed by atoms with Crippen LogP contribution in [0.5, 0.6) is 0 Å². The highest BCUT2D eigenvalue weighted by Crippen LogP contribution is 2.53. The van der Waals surface area contributed by atoms with Gasteiger partial charge in [0.1, 0.15) is 0 Å². The molecule has 1 aliphatic carbocycles. The number of hydrogen-bond acceptors (Lipinski definition) is 2. The molecular formula is C16H32O2Si. The number of rotatable bonds is 4. The van der Waals surface area contributed by atoms with Crippen LogP contribution in [0.25, 0.3) is 0 Å². The zero-order valence-electron chi connectivity index (χ0n) is 13.7. The first kappa shape index (κ1) is 16.9. The van der Waals surface area contributed by atoms with Gasteiger partial charge in [0, 0.05) is 0 Å². The lowest BCUT2D eigenvalue weighted by Gasteiger charge is -2.43. The molecule has 2 N–H and O–H groups in total. The lowest BCUT2D eigenvalue weighted by atomic mass is 10.0. The van der Waals surface area contributed by atoms with Gasteiger partial charge in [-0.05, 0) is 47.9 Å². The monoisotopic (exact) mass is 284 g/mol. The average Bonchev–Trinajstić information content (AvgIpc) is 2.71.